The van der Waals surface area contributed by atoms with Crippen LogP contribution >= 0.6 is 12.2 Å². The number of anilines is 1. The number of amides is 2. The third kappa shape index (κ3) is 7.42. The number of carbonyl (C=O) groups is 2. The van der Waals surface area contributed by atoms with Crippen molar-refractivity contribution in [3.8, 4) is 5.75 Å². The lowest BCUT2D eigenvalue weighted by molar-refractivity contribution is 0.0785. The molecule has 0 heterocycles. The van der Waals surface area contributed by atoms with E-state index in [0.29, 0.717) is 41.6 Å². The molecule has 0 aliphatic heterocycles. The first kappa shape index (κ1) is 24.9. The Bertz CT molecular complexity index is 1130. The largest absolute Gasteiger partial charge is 0.493 e. The molecule has 0 unspecified atom stereocenters. The fraction of sp³-hybridized carbons (Fsp3) is 0.222. The quantitative estimate of drug-likeness (QED) is 0.443. The Kier molecular flexibility index (Phi) is 8.76. The second kappa shape index (κ2) is 12.0. The third-order valence-corrected chi connectivity index (χ3v) is 5.11. The van der Waals surface area contributed by atoms with Crippen LogP contribution in [0.15, 0.2) is 78.9 Å². The van der Waals surface area contributed by atoms with Crippen LogP contribution in [0.2, 0.25) is 0 Å². The molecule has 0 aromatic heterocycles. The molecular weight excluding hydrogens is 446 g/mol. The highest BCUT2D eigenvalue weighted by Crippen LogP contribution is 2.15. The summed E-state index contributed by atoms with van der Waals surface area (Å²) in [6, 6.07) is 23.7. The number of rotatable bonds is 8. The van der Waals surface area contributed by atoms with Crippen LogP contribution in [0.4, 0.5) is 5.69 Å². The summed E-state index contributed by atoms with van der Waals surface area (Å²) < 4.78 is 5.64. The second-order valence-corrected chi connectivity index (χ2v) is 8.77. The Morgan fingerprint density at radius 2 is 1.65 bits per heavy atom. The van der Waals surface area contributed by atoms with Crippen LogP contribution in [0.3, 0.4) is 0 Å². The molecule has 0 radical (unpaired) electrons. The number of nitrogens with one attached hydrogen (secondary N) is 2. The average molecular weight is 476 g/mol. The van der Waals surface area contributed by atoms with Gasteiger partial charge in [-0.25, -0.2) is 0 Å². The lowest BCUT2D eigenvalue weighted by Gasteiger charge is -2.18. The van der Waals surface area contributed by atoms with Gasteiger partial charge in [0.25, 0.3) is 11.8 Å². The van der Waals surface area contributed by atoms with Gasteiger partial charge in [-0.15, -0.1) is 0 Å². The molecule has 2 amide bonds. The lowest BCUT2D eigenvalue weighted by Crippen LogP contribution is -2.34. The minimum Gasteiger partial charge on any atom is -0.493 e. The Morgan fingerprint density at radius 1 is 0.941 bits per heavy atom. The van der Waals surface area contributed by atoms with E-state index >= 15 is 0 Å². The van der Waals surface area contributed by atoms with E-state index < -0.39 is 0 Å². The molecule has 176 valence electrons. The van der Waals surface area contributed by atoms with E-state index in [1.54, 1.807) is 60.5 Å². The molecule has 0 spiro atoms. The van der Waals surface area contributed by atoms with Gasteiger partial charge >= 0.3 is 0 Å². The van der Waals surface area contributed by atoms with Gasteiger partial charge in [0, 0.05) is 30.4 Å². The van der Waals surface area contributed by atoms with Gasteiger partial charge in [-0.3, -0.25) is 14.9 Å². The van der Waals surface area contributed by atoms with Crippen LogP contribution in [0.25, 0.3) is 0 Å². The van der Waals surface area contributed by atoms with Crippen molar-refractivity contribution in [3.63, 3.8) is 0 Å². The molecule has 0 aliphatic rings. The normalized spacial score (nSPS) is 10.5. The number of nitrogens with zero attached hydrogens (tertiary/aromatic N) is 1. The maximum Gasteiger partial charge on any atom is 0.257 e. The molecule has 0 saturated carbocycles. The van der Waals surface area contributed by atoms with Crippen LogP contribution in [-0.4, -0.2) is 35.5 Å². The number of carbonyl (C=O) groups excluding carboxylic acids is 2. The highest BCUT2D eigenvalue weighted by atomic mass is 32.1. The lowest BCUT2D eigenvalue weighted by atomic mass is 10.1. The maximum atomic E-state index is 12.8. The predicted octanol–water partition coefficient (Wildman–Crippen LogP) is 5.12. The van der Waals surface area contributed by atoms with Crippen LogP contribution < -0.4 is 15.4 Å². The summed E-state index contributed by atoms with van der Waals surface area (Å²) in [5.74, 6) is 0.694. The van der Waals surface area contributed by atoms with E-state index in [1.165, 1.54) is 0 Å². The van der Waals surface area contributed by atoms with Crippen molar-refractivity contribution in [1.82, 2.24) is 10.2 Å². The van der Waals surface area contributed by atoms with E-state index in [0.717, 1.165) is 5.56 Å². The fourth-order valence-electron chi connectivity index (χ4n) is 3.18. The van der Waals surface area contributed by atoms with Gasteiger partial charge in [0.2, 0.25) is 0 Å². The molecule has 3 rings (SSSR count). The summed E-state index contributed by atoms with van der Waals surface area (Å²) in [5, 5.41) is 5.78. The minimum atomic E-state index is -0.331. The van der Waals surface area contributed by atoms with Crippen molar-refractivity contribution in [3.05, 3.63) is 95.6 Å². The van der Waals surface area contributed by atoms with Crippen LogP contribution in [0.5, 0.6) is 5.75 Å². The second-order valence-electron chi connectivity index (χ2n) is 8.37. The third-order valence-electron chi connectivity index (χ3n) is 4.90. The molecule has 7 heteroatoms. The number of benzene rings is 3. The van der Waals surface area contributed by atoms with Crippen molar-refractivity contribution in [1.29, 1.82) is 0 Å². The zero-order valence-corrected chi connectivity index (χ0v) is 20.4. The Hall–Kier alpha value is -3.71. The van der Waals surface area contributed by atoms with Crippen LogP contribution in [0, 0.1) is 5.92 Å². The SMILES string of the molecule is CC(C)COc1ccc(C(=O)NC(=S)Nc2cccc(C(=O)N(C)Cc3ccccc3)c2)cc1. The molecule has 0 fully saturated rings. The summed E-state index contributed by atoms with van der Waals surface area (Å²) in [4.78, 5) is 27.0. The number of ether oxygens (including phenoxy) is 1. The number of hydrogen-bond acceptors (Lipinski definition) is 4. The summed E-state index contributed by atoms with van der Waals surface area (Å²) in [6.07, 6.45) is 0. The minimum absolute atomic E-state index is 0.109. The molecular formula is C27H29N3O3S. The molecule has 3 aromatic rings. The molecule has 0 saturated heterocycles. The fourth-order valence-corrected chi connectivity index (χ4v) is 3.39. The van der Waals surface area contributed by atoms with Gasteiger partial charge in [-0.05, 0) is 66.2 Å². The predicted molar refractivity (Wildman–Crippen MR) is 139 cm³/mol. The Balaban J connectivity index is 1.56. The van der Waals surface area contributed by atoms with Gasteiger partial charge in [0.1, 0.15) is 5.75 Å². The number of hydrogen-bond donors (Lipinski definition) is 2. The summed E-state index contributed by atoms with van der Waals surface area (Å²) >= 11 is 5.29. The van der Waals surface area contributed by atoms with Crippen molar-refractivity contribution < 1.29 is 14.3 Å². The van der Waals surface area contributed by atoms with E-state index in [4.69, 9.17) is 17.0 Å². The summed E-state index contributed by atoms with van der Waals surface area (Å²) in [5.41, 5.74) is 2.65. The highest BCUT2D eigenvalue weighted by Gasteiger charge is 2.14. The van der Waals surface area contributed by atoms with E-state index in [9.17, 15) is 9.59 Å². The first-order valence-corrected chi connectivity index (χ1v) is 11.5. The number of thiocarbonyl (C=S) groups is 1. The first-order chi connectivity index (χ1) is 16.3. The molecule has 34 heavy (non-hydrogen) atoms. The van der Waals surface area contributed by atoms with Gasteiger partial charge in [0.05, 0.1) is 6.61 Å². The molecule has 6 nitrogen and oxygen atoms in total. The summed E-state index contributed by atoms with van der Waals surface area (Å²) in [6.45, 7) is 5.27. The average Bonchev–Trinajstić information content (AvgIpc) is 2.83. The topological polar surface area (TPSA) is 70.7 Å². The first-order valence-electron chi connectivity index (χ1n) is 11.1. The van der Waals surface area contributed by atoms with Gasteiger partial charge in [0.15, 0.2) is 5.11 Å². The molecule has 0 atom stereocenters. The summed E-state index contributed by atoms with van der Waals surface area (Å²) in [7, 11) is 1.76. The van der Waals surface area contributed by atoms with Crippen molar-refractivity contribution >= 4 is 34.8 Å². The molecule has 0 aliphatic carbocycles. The van der Waals surface area contributed by atoms with Crippen LogP contribution in [0.1, 0.15) is 40.1 Å². The molecule has 0 bridgehead atoms. The zero-order chi connectivity index (χ0) is 24.5. The highest BCUT2D eigenvalue weighted by molar-refractivity contribution is 7.80. The Morgan fingerprint density at radius 3 is 2.32 bits per heavy atom. The maximum absolute atomic E-state index is 12.8. The van der Waals surface area contributed by atoms with Gasteiger partial charge < -0.3 is 15.0 Å². The standard InChI is InChI=1S/C27H29N3O3S/c1-19(2)18-33-24-14-12-21(13-15-24)25(31)29-27(34)28-23-11-7-10-22(16-23)26(32)30(3)17-20-8-5-4-6-9-20/h4-16,19H,17-18H2,1-3H3,(H2,28,29,31,34). The smallest absolute Gasteiger partial charge is 0.257 e. The zero-order valence-electron chi connectivity index (χ0n) is 19.6. The van der Waals surface area contributed by atoms with E-state index in [-0.39, 0.29) is 16.9 Å². The van der Waals surface area contributed by atoms with Gasteiger partial charge in [-0.2, -0.15) is 0 Å². The monoisotopic (exact) mass is 475 g/mol. The van der Waals surface area contributed by atoms with Crippen molar-refractivity contribution in [2.24, 2.45) is 5.92 Å². The molecule has 2 N–H and O–H groups in total. The van der Waals surface area contributed by atoms with Gasteiger partial charge in [-0.1, -0.05) is 50.2 Å². The molecule has 3 aromatic carbocycles. The Labute approximate surface area is 205 Å². The van der Waals surface area contributed by atoms with E-state index in [2.05, 4.69) is 24.5 Å². The van der Waals surface area contributed by atoms with Crippen LogP contribution in [-0.2, 0) is 6.54 Å². The van der Waals surface area contributed by atoms with Crippen molar-refractivity contribution in [2.75, 3.05) is 19.0 Å². The van der Waals surface area contributed by atoms with E-state index in [1.807, 2.05) is 30.3 Å². The van der Waals surface area contributed by atoms with Crippen molar-refractivity contribution in [2.45, 2.75) is 20.4 Å².